The fourth-order valence-electron chi connectivity index (χ4n) is 3.90. The number of methoxy groups -OCH3 is 1. The molecule has 1 aliphatic rings. The SMILES string of the molecule is COc1cccc(-c2ncc3sc(-c4ccc(OCCN5CCCC5)cc4)cc3n2)c1. The molecule has 0 N–H and O–H groups in total. The average Bonchev–Trinajstić information content (AvgIpc) is 3.49. The molecule has 5 rings (SSSR count). The minimum atomic E-state index is 0.706. The van der Waals surface area contributed by atoms with Crippen LogP contribution in [-0.4, -0.2) is 48.2 Å². The van der Waals surface area contributed by atoms with Gasteiger partial charge in [-0.1, -0.05) is 12.1 Å². The fraction of sp³-hybridized carbons (Fsp3) is 0.280. The molecule has 5 nitrogen and oxygen atoms in total. The zero-order chi connectivity index (χ0) is 21.0. The van der Waals surface area contributed by atoms with Gasteiger partial charge in [0, 0.05) is 23.2 Å². The first kappa shape index (κ1) is 20.0. The molecule has 0 atom stereocenters. The topological polar surface area (TPSA) is 47.5 Å². The van der Waals surface area contributed by atoms with E-state index in [1.165, 1.54) is 30.8 Å². The van der Waals surface area contributed by atoms with Crippen LogP contribution in [0.5, 0.6) is 11.5 Å². The fourth-order valence-corrected chi connectivity index (χ4v) is 4.87. The summed E-state index contributed by atoms with van der Waals surface area (Å²) in [6.07, 6.45) is 4.53. The van der Waals surface area contributed by atoms with Gasteiger partial charge >= 0.3 is 0 Å². The molecule has 3 heterocycles. The van der Waals surface area contributed by atoms with Crippen LogP contribution in [0.2, 0.25) is 0 Å². The first-order valence-corrected chi connectivity index (χ1v) is 11.5. The molecule has 2 aromatic carbocycles. The predicted molar refractivity (Wildman–Crippen MR) is 126 cm³/mol. The van der Waals surface area contributed by atoms with E-state index in [1.807, 2.05) is 30.5 Å². The van der Waals surface area contributed by atoms with Gasteiger partial charge in [-0.05, 0) is 74.0 Å². The number of likely N-dealkylation sites (tertiary alicyclic amines) is 1. The second-order valence-electron chi connectivity index (χ2n) is 7.71. The lowest BCUT2D eigenvalue weighted by Gasteiger charge is -2.14. The Hall–Kier alpha value is -2.96. The number of nitrogens with zero attached hydrogens (tertiary/aromatic N) is 3. The van der Waals surface area contributed by atoms with Gasteiger partial charge in [0.1, 0.15) is 18.1 Å². The van der Waals surface area contributed by atoms with E-state index in [1.54, 1.807) is 18.4 Å². The summed E-state index contributed by atoms with van der Waals surface area (Å²) in [6, 6.07) is 18.3. The zero-order valence-corrected chi connectivity index (χ0v) is 18.4. The molecule has 0 bridgehead atoms. The predicted octanol–water partition coefficient (Wildman–Crippen LogP) is 5.51. The summed E-state index contributed by atoms with van der Waals surface area (Å²) in [5.74, 6) is 2.43. The molecule has 158 valence electrons. The number of aromatic nitrogens is 2. The highest BCUT2D eigenvalue weighted by molar-refractivity contribution is 7.22. The highest BCUT2D eigenvalue weighted by Crippen LogP contribution is 2.34. The van der Waals surface area contributed by atoms with Crippen LogP contribution in [0.25, 0.3) is 32.0 Å². The molecular formula is C25H25N3O2S. The quantitative estimate of drug-likeness (QED) is 0.386. The molecule has 0 radical (unpaired) electrons. The molecule has 2 aromatic heterocycles. The van der Waals surface area contributed by atoms with Crippen LogP contribution in [0.15, 0.2) is 60.8 Å². The monoisotopic (exact) mass is 431 g/mol. The number of hydrogen-bond donors (Lipinski definition) is 0. The third kappa shape index (κ3) is 4.55. The smallest absolute Gasteiger partial charge is 0.159 e. The summed E-state index contributed by atoms with van der Waals surface area (Å²) < 4.78 is 12.3. The summed E-state index contributed by atoms with van der Waals surface area (Å²) >= 11 is 1.71. The van der Waals surface area contributed by atoms with E-state index >= 15 is 0 Å². The minimum absolute atomic E-state index is 0.706. The summed E-state index contributed by atoms with van der Waals surface area (Å²) in [6.45, 7) is 4.16. The Labute approximate surface area is 186 Å². The van der Waals surface area contributed by atoms with Crippen molar-refractivity contribution in [3.05, 3.63) is 60.8 Å². The van der Waals surface area contributed by atoms with Crippen LogP contribution in [0.3, 0.4) is 0 Å². The van der Waals surface area contributed by atoms with E-state index in [9.17, 15) is 0 Å². The first-order valence-electron chi connectivity index (χ1n) is 10.6. The Morgan fingerprint density at radius 2 is 1.81 bits per heavy atom. The van der Waals surface area contributed by atoms with E-state index in [0.29, 0.717) is 5.82 Å². The molecule has 6 heteroatoms. The lowest BCUT2D eigenvalue weighted by atomic mass is 10.2. The summed E-state index contributed by atoms with van der Waals surface area (Å²) in [4.78, 5) is 13.0. The molecule has 0 saturated carbocycles. The molecule has 1 saturated heterocycles. The molecule has 31 heavy (non-hydrogen) atoms. The Morgan fingerprint density at radius 3 is 2.61 bits per heavy atom. The van der Waals surface area contributed by atoms with Crippen LogP contribution in [-0.2, 0) is 0 Å². The number of thiophene rings is 1. The van der Waals surface area contributed by atoms with Gasteiger partial charge in [-0.15, -0.1) is 11.3 Å². The van der Waals surface area contributed by atoms with Crippen molar-refractivity contribution >= 4 is 21.6 Å². The highest BCUT2D eigenvalue weighted by Gasteiger charge is 2.12. The van der Waals surface area contributed by atoms with Crippen LogP contribution in [0, 0.1) is 0 Å². The molecule has 1 aliphatic heterocycles. The highest BCUT2D eigenvalue weighted by atomic mass is 32.1. The van der Waals surface area contributed by atoms with Crippen LogP contribution < -0.4 is 9.47 Å². The summed E-state index contributed by atoms with van der Waals surface area (Å²) in [5, 5.41) is 0. The van der Waals surface area contributed by atoms with E-state index in [-0.39, 0.29) is 0 Å². The maximum absolute atomic E-state index is 5.93. The normalized spacial score (nSPS) is 14.2. The van der Waals surface area contributed by atoms with Crippen molar-refractivity contribution in [2.45, 2.75) is 12.8 Å². The minimum Gasteiger partial charge on any atom is -0.497 e. The second kappa shape index (κ2) is 9.04. The van der Waals surface area contributed by atoms with Gasteiger partial charge in [0.15, 0.2) is 5.82 Å². The van der Waals surface area contributed by atoms with Crippen molar-refractivity contribution in [2.24, 2.45) is 0 Å². The molecule has 0 aliphatic carbocycles. The molecular weight excluding hydrogens is 406 g/mol. The van der Waals surface area contributed by atoms with Crippen molar-refractivity contribution in [1.29, 1.82) is 0 Å². The molecule has 4 aromatic rings. The molecule has 0 spiro atoms. The molecule has 0 amide bonds. The summed E-state index contributed by atoms with van der Waals surface area (Å²) in [5.41, 5.74) is 3.07. The molecule has 0 unspecified atom stereocenters. The third-order valence-electron chi connectivity index (χ3n) is 5.61. The zero-order valence-electron chi connectivity index (χ0n) is 17.6. The van der Waals surface area contributed by atoms with Crippen molar-refractivity contribution in [3.8, 4) is 33.3 Å². The first-order chi connectivity index (χ1) is 15.3. The lowest BCUT2D eigenvalue weighted by molar-refractivity contribution is 0.238. The third-order valence-corrected chi connectivity index (χ3v) is 6.72. The Morgan fingerprint density at radius 1 is 0.968 bits per heavy atom. The Balaban J connectivity index is 1.30. The van der Waals surface area contributed by atoms with Gasteiger partial charge in [-0.2, -0.15) is 0 Å². The Bertz CT molecular complexity index is 1170. The van der Waals surface area contributed by atoms with Gasteiger partial charge in [-0.3, -0.25) is 4.90 Å². The van der Waals surface area contributed by atoms with Gasteiger partial charge in [-0.25, -0.2) is 9.97 Å². The number of fused-ring (bicyclic) bond motifs is 1. The number of benzene rings is 2. The van der Waals surface area contributed by atoms with Crippen molar-refractivity contribution in [1.82, 2.24) is 14.9 Å². The maximum atomic E-state index is 5.93. The molecule has 1 fully saturated rings. The summed E-state index contributed by atoms with van der Waals surface area (Å²) in [7, 11) is 1.66. The number of rotatable bonds is 7. The van der Waals surface area contributed by atoms with Gasteiger partial charge in [0.2, 0.25) is 0 Å². The number of hydrogen-bond acceptors (Lipinski definition) is 6. The lowest BCUT2D eigenvalue weighted by Crippen LogP contribution is -2.25. The second-order valence-corrected chi connectivity index (χ2v) is 8.79. The van der Waals surface area contributed by atoms with Crippen molar-refractivity contribution in [3.63, 3.8) is 0 Å². The van der Waals surface area contributed by atoms with Gasteiger partial charge in [0.05, 0.1) is 17.3 Å². The van der Waals surface area contributed by atoms with Crippen LogP contribution in [0.1, 0.15) is 12.8 Å². The average molecular weight is 432 g/mol. The van der Waals surface area contributed by atoms with E-state index < -0.39 is 0 Å². The standard InChI is InChI=1S/C25H25N3O2S/c1-29-21-6-4-5-19(15-21)25-26-17-24-22(27-25)16-23(31-24)18-7-9-20(10-8-18)30-14-13-28-11-2-3-12-28/h4-10,15-17H,2-3,11-14H2,1H3. The largest absolute Gasteiger partial charge is 0.497 e. The van der Waals surface area contributed by atoms with Crippen LogP contribution >= 0.6 is 11.3 Å². The van der Waals surface area contributed by atoms with Gasteiger partial charge < -0.3 is 9.47 Å². The number of ether oxygens (including phenoxy) is 2. The van der Waals surface area contributed by atoms with E-state index in [4.69, 9.17) is 14.5 Å². The maximum Gasteiger partial charge on any atom is 0.159 e. The van der Waals surface area contributed by atoms with Crippen molar-refractivity contribution in [2.75, 3.05) is 33.4 Å². The van der Waals surface area contributed by atoms with Gasteiger partial charge in [0.25, 0.3) is 0 Å². The van der Waals surface area contributed by atoms with E-state index in [0.717, 1.165) is 46.0 Å². The van der Waals surface area contributed by atoms with E-state index in [2.05, 4.69) is 40.2 Å². The van der Waals surface area contributed by atoms with Crippen molar-refractivity contribution < 1.29 is 9.47 Å². The Kier molecular flexibility index (Phi) is 5.82. The van der Waals surface area contributed by atoms with Crippen LogP contribution in [0.4, 0.5) is 0 Å².